The second-order valence-electron chi connectivity index (χ2n) is 19.3. The van der Waals surface area contributed by atoms with Crippen molar-refractivity contribution >= 4 is 86.3 Å². The first-order chi connectivity index (χ1) is 31.1. The molecular weight excluding hydrogens is 837 g/mol. The molecule has 0 fully saturated rings. The van der Waals surface area contributed by atoms with Crippen LogP contribution in [0.1, 0.15) is 199 Å². The topological polar surface area (TPSA) is 141 Å². The average molecular weight is 907 g/mol. The van der Waals surface area contributed by atoms with Gasteiger partial charge in [-0.1, -0.05) is 128 Å². The SMILES string of the molecule is C=Cc1c(C)c2cc3nc(c4c5[n-]c(cc6nc(cc1[n-]2)C(C=O)=C6CC)c(C)c5C(=O)C4C(=O)OC)[C@@H](CCC(=O)OC/C=C(\C)CCCC(C)CCCC(C)CCCC(C)C)[C@@H]3C.[Mg+2]. The van der Waals surface area contributed by atoms with Crippen molar-refractivity contribution in [2.45, 2.75) is 157 Å². The molecule has 0 saturated heterocycles. The maximum atomic E-state index is 14.4. The summed E-state index contributed by atoms with van der Waals surface area (Å²) < 4.78 is 11.0. The van der Waals surface area contributed by atoms with Crippen molar-refractivity contribution in [2.24, 2.45) is 17.8 Å². The van der Waals surface area contributed by atoms with Crippen LogP contribution in [0.2, 0.25) is 0 Å². The number of allylic oxidation sites excluding steroid dienone is 3. The fraction of sp³-hybridized carbons (Fsp3) is 0.527. The number of aryl methyl sites for hydroxylation is 2. The monoisotopic (exact) mass is 907 g/mol. The van der Waals surface area contributed by atoms with Gasteiger partial charge in [0.2, 0.25) is 0 Å². The van der Waals surface area contributed by atoms with Crippen molar-refractivity contribution in [3.8, 4) is 0 Å². The molecule has 2 aliphatic heterocycles. The Morgan fingerprint density at radius 3 is 2.17 bits per heavy atom. The first-order valence-electron chi connectivity index (χ1n) is 24.0. The minimum atomic E-state index is -1.27. The molecule has 1 aliphatic carbocycles. The predicted molar refractivity (Wildman–Crippen MR) is 266 cm³/mol. The van der Waals surface area contributed by atoms with Crippen molar-refractivity contribution < 1.29 is 28.7 Å². The molecule has 0 amide bonds. The summed E-state index contributed by atoms with van der Waals surface area (Å²) in [6.45, 7) is 23.5. The molecule has 8 bridgehead atoms. The molecule has 0 spiro atoms. The maximum Gasteiger partial charge on any atom is 2.00 e. The number of ether oxygens (including phenoxy) is 2. The minimum Gasteiger partial charge on any atom is -0.657 e. The third-order valence-corrected chi connectivity index (χ3v) is 14.1. The molecular formula is C55H70MgN4O6. The molecule has 0 aromatic carbocycles. The maximum absolute atomic E-state index is 14.4. The molecule has 3 aromatic rings. The Balaban J connectivity index is 0.00000817. The summed E-state index contributed by atoms with van der Waals surface area (Å²) in [4.78, 5) is 74.1. The van der Waals surface area contributed by atoms with E-state index in [-0.39, 0.29) is 53.9 Å². The molecule has 66 heavy (non-hydrogen) atoms. The smallest absolute Gasteiger partial charge is 0.657 e. The van der Waals surface area contributed by atoms with E-state index < -0.39 is 17.7 Å². The van der Waals surface area contributed by atoms with Crippen LogP contribution in [-0.2, 0) is 23.9 Å². The number of aromatic nitrogens is 4. The van der Waals surface area contributed by atoms with Crippen molar-refractivity contribution in [2.75, 3.05) is 13.7 Å². The Labute approximate surface area is 408 Å². The number of rotatable bonds is 21. The van der Waals surface area contributed by atoms with Crippen LogP contribution < -0.4 is 9.97 Å². The largest absolute Gasteiger partial charge is 2.00 e. The van der Waals surface area contributed by atoms with Gasteiger partial charge in [0.1, 0.15) is 12.5 Å². The van der Waals surface area contributed by atoms with E-state index in [2.05, 4.69) is 41.2 Å². The molecule has 0 N–H and O–H groups in total. The van der Waals surface area contributed by atoms with E-state index in [9.17, 15) is 19.2 Å². The number of esters is 2. The first-order valence-corrected chi connectivity index (χ1v) is 24.0. The van der Waals surface area contributed by atoms with Gasteiger partial charge >= 0.3 is 35.0 Å². The first kappa shape index (κ1) is 52.4. The van der Waals surface area contributed by atoms with E-state index >= 15 is 0 Å². The quantitative estimate of drug-likeness (QED) is 0.0333. The van der Waals surface area contributed by atoms with Gasteiger partial charge in [0.05, 0.1) is 18.5 Å². The molecule has 5 atom stereocenters. The Kier molecular flexibility index (Phi) is 18.6. The third kappa shape index (κ3) is 11.6. The molecule has 3 aromatic heterocycles. The number of aldehydes is 1. The van der Waals surface area contributed by atoms with Crippen LogP contribution >= 0.6 is 0 Å². The van der Waals surface area contributed by atoms with Gasteiger partial charge in [0.15, 0.2) is 12.1 Å². The van der Waals surface area contributed by atoms with E-state index in [0.717, 1.165) is 47.7 Å². The van der Waals surface area contributed by atoms with Crippen LogP contribution in [0.25, 0.3) is 39.3 Å². The summed E-state index contributed by atoms with van der Waals surface area (Å²) in [6.07, 6.45) is 16.8. The molecule has 0 radical (unpaired) electrons. The fourth-order valence-corrected chi connectivity index (χ4v) is 10.0. The summed E-state index contributed by atoms with van der Waals surface area (Å²) in [6, 6.07) is 5.55. The molecule has 3 aliphatic rings. The zero-order chi connectivity index (χ0) is 47.1. The summed E-state index contributed by atoms with van der Waals surface area (Å²) in [7, 11) is 1.27. The van der Waals surface area contributed by atoms with E-state index in [1.54, 1.807) is 12.1 Å². The van der Waals surface area contributed by atoms with Crippen LogP contribution in [0.3, 0.4) is 0 Å². The summed E-state index contributed by atoms with van der Waals surface area (Å²) >= 11 is 0. The van der Waals surface area contributed by atoms with E-state index in [1.165, 1.54) is 57.6 Å². The number of Topliss-reactive ketones (excluding diaryl/α,β-unsaturated/α-hetero) is 1. The van der Waals surface area contributed by atoms with Gasteiger partial charge in [-0.3, -0.25) is 24.2 Å². The zero-order valence-corrected chi connectivity index (χ0v) is 42.7. The number of carbonyl (C=O) groups excluding carboxylic acids is 4. The van der Waals surface area contributed by atoms with Crippen LogP contribution in [0.4, 0.5) is 0 Å². The molecule has 11 heteroatoms. The second-order valence-corrected chi connectivity index (χ2v) is 19.3. The van der Waals surface area contributed by atoms with Crippen molar-refractivity contribution in [3.63, 3.8) is 0 Å². The van der Waals surface area contributed by atoms with E-state index in [4.69, 9.17) is 29.4 Å². The van der Waals surface area contributed by atoms with E-state index in [0.29, 0.717) is 85.9 Å². The molecule has 3 unspecified atom stereocenters. The Morgan fingerprint density at radius 1 is 0.879 bits per heavy atom. The Hall–Kier alpha value is -4.61. The van der Waals surface area contributed by atoms with Crippen molar-refractivity contribution in [1.29, 1.82) is 0 Å². The normalized spacial score (nSPS) is 17.8. The number of hydrogen-bond acceptors (Lipinski definition) is 8. The van der Waals surface area contributed by atoms with Crippen LogP contribution in [0.15, 0.2) is 36.4 Å². The summed E-state index contributed by atoms with van der Waals surface area (Å²) in [5, 5.41) is 0. The standard InChI is InChI=1S/C55H71N4O6.Mg/c1-12-38-35(8)42-27-43-36(9)40(23-24-48(61)65-26-25-34(7)22-16-21-33(6)20-15-19-32(5)18-14-17-31(3)4)52(58-43)50-51(55(63)64-11)54(62)49-37(10)44(59-53(49)50)28-46-39(13-2)41(30-60)47(57-46)29-45(38)56-42;/h12,25,27-33,36,40,51H,1,13-24,26H2,2-11H3,(H-,56,57,58,59,60,62);/q-1;+2/p-1/b34-25+;/t32?,33?,36-,40-,51?;/m0./s1. The number of hydrogen-bond donors (Lipinski definition) is 0. The van der Waals surface area contributed by atoms with Crippen molar-refractivity contribution in [3.05, 3.63) is 87.0 Å². The van der Waals surface area contributed by atoms with Crippen LogP contribution in [0, 0.1) is 31.6 Å². The fourth-order valence-electron chi connectivity index (χ4n) is 10.0. The summed E-state index contributed by atoms with van der Waals surface area (Å²) in [5.74, 6) is -0.983. The second kappa shape index (κ2) is 23.4. The van der Waals surface area contributed by atoms with Crippen LogP contribution in [0.5, 0.6) is 0 Å². The number of methoxy groups -OCH3 is 1. The predicted octanol–water partition coefficient (Wildman–Crippen LogP) is 12.0. The molecule has 348 valence electrons. The molecule has 10 nitrogen and oxygen atoms in total. The summed E-state index contributed by atoms with van der Waals surface area (Å²) in [5.41, 5.74) is 9.91. The third-order valence-electron chi connectivity index (χ3n) is 14.1. The molecule has 6 rings (SSSR count). The number of ketones is 1. The number of nitrogens with zero attached hydrogens (tertiary/aromatic N) is 4. The Morgan fingerprint density at radius 2 is 1.53 bits per heavy atom. The number of carbonyl (C=O) groups is 4. The number of fused-ring (bicyclic) bond motifs is 8. The van der Waals surface area contributed by atoms with E-state index in [1.807, 2.05) is 45.9 Å². The minimum absolute atomic E-state index is 0. The molecule has 5 heterocycles. The Bertz CT molecular complexity index is 2540. The zero-order valence-electron chi connectivity index (χ0n) is 41.3. The van der Waals surface area contributed by atoms with Gasteiger partial charge in [-0.25, -0.2) is 4.98 Å². The van der Waals surface area contributed by atoms with Gasteiger partial charge in [0, 0.05) is 40.8 Å². The van der Waals surface area contributed by atoms with Gasteiger partial charge in [0.25, 0.3) is 0 Å². The van der Waals surface area contributed by atoms with Gasteiger partial charge in [-0.2, -0.15) is 0 Å². The van der Waals surface area contributed by atoms with Crippen molar-refractivity contribution in [1.82, 2.24) is 19.9 Å². The van der Waals surface area contributed by atoms with Gasteiger partial charge < -0.3 is 19.4 Å². The average Bonchev–Trinajstić information content (AvgIpc) is 4.02. The van der Waals surface area contributed by atoms with Gasteiger partial charge in [-0.15, -0.1) is 22.1 Å². The van der Waals surface area contributed by atoms with Gasteiger partial charge in [-0.05, 0) is 93.1 Å². The molecule has 0 saturated carbocycles. The van der Waals surface area contributed by atoms with Crippen LogP contribution in [-0.4, -0.2) is 70.7 Å².